The van der Waals surface area contributed by atoms with Crippen molar-refractivity contribution < 1.29 is 18.3 Å². The number of likely N-dealkylation sites (tertiary alicyclic amines) is 1. The van der Waals surface area contributed by atoms with Gasteiger partial charge in [-0.1, -0.05) is 19.2 Å². The maximum atomic E-state index is 14.6. The standard InChI is InChI=1S/C21H19F2N5O2/c1-3-13-7-8-17(25-15(13)4-2)30-16-12-28(11-9-21(16,22)23)20(29)18-14-6-5-10-24-19(14)27-26-18/h3-8,10,16H,1-2,9,11-12H2,(H,24,26,27). The first kappa shape index (κ1) is 19.7. The van der Waals surface area contributed by atoms with Gasteiger partial charge in [0.25, 0.3) is 11.8 Å². The van der Waals surface area contributed by atoms with Crippen LogP contribution in [0.5, 0.6) is 5.88 Å². The molecule has 0 aromatic carbocycles. The number of aromatic amines is 1. The maximum Gasteiger partial charge on any atom is 0.287 e. The molecule has 154 valence electrons. The second kappa shape index (κ2) is 7.66. The van der Waals surface area contributed by atoms with Crippen molar-refractivity contribution in [3.05, 3.63) is 60.6 Å². The second-order valence-electron chi connectivity index (χ2n) is 6.87. The fourth-order valence-electron chi connectivity index (χ4n) is 3.36. The summed E-state index contributed by atoms with van der Waals surface area (Å²) in [5, 5.41) is 7.19. The number of fused-ring (bicyclic) bond motifs is 1. The molecule has 4 rings (SSSR count). The number of carbonyl (C=O) groups is 1. The summed E-state index contributed by atoms with van der Waals surface area (Å²) in [6.45, 7) is 6.95. The van der Waals surface area contributed by atoms with Crippen LogP contribution in [0.1, 0.15) is 28.2 Å². The Morgan fingerprint density at radius 2 is 2.13 bits per heavy atom. The summed E-state index contributed by atoms with van der Waals surface area (Å²) in [6.07, 6.45) is 2.59. The van der Waals surface area contributed by atoms with Crippen molar-refractivity contribution in [3.8, 4) is 5.88 Å². The lowest BCUT2D eigenvalue weighted by atomic mass is 10.0. The van der Waals surface area contributed by atoms with Crippen LogP contribution < -0.4 is 4.74 Å². The Kier molecular flexibility index (Phi) is 5.03. The van der Waals surface area contributed by atoms with Gasteiger partial charge in [0.15, 0.2) is 11.8 Å². The number of amides is 1. The van der Waals surface area contributed by atoms with Crippen LogP contribution in [0.25, 0.3) is 23.2 Å². The van der Waals surface area contributed by atoms with Crippen LogP contribution in [-0.2, 0) is 0 Å². The van der Waals surface area contributed by atoms with Crippen molar-refractivity contribution in [2.45, 2.75) is 18.4 Å². The summed E-state index contributed by atoms with van der Waals surface area (Å²) in [4.78, 5) is 22.6. The summed E-state index contributed by atoms with van der Waals surface area (Å²) in [5.41, 5.74) is 1.79. The number of H-pyrrole nitrogens is 1. The topological polar surface area (TPSA) is 84.0 Å². The number of halogens is 2. The van der Waals surface area contributed by atoms with Crippen LogP contribution in [0.2, 0.25) is 0 Å². The van der Waals surface area contributed by atoms with E-state index in [-0.39, 0.29) is 24.7 Å². The molecule has 1 fully saturated rings. The molecule has 3 aromatic heterocycles. The van der Waals surface area contributed by atoms with Gasteiger partial charge in [0.05, 0.1) is 17.6 Å². The molecule has 1 atom stereocenters. The molecule has 1 saturated heterocycles. The Labute approximate surface area is 171 Å². The summed E-state index contributed by atoms with van der Waals surface area (Å²) in [7, 11) is 0. The molecule has 0 spiro atoms. The quantitative estimate of drug-likeness (QED) is 0.694. The monoisotopic (exact) mass is 411 g/mol. The molecular formula is C21H19F2N5O2. The number of rotatable bonds is 5. The number of carbonyl (C=O) groups excluding carboxylic acids is 1. The zero-order chi connectivity index (χ0) is 21.3. The number of hydrogen-bond acceptors (Lipinski definition) is 5. The van der Waals surface area contributed by atoms with Crippen LogP contribution in [0, 0.1) is 0 Å². The average molecular weight is 411 g/mol. The zero-order valence-corrected chi connectivity index (χ0v) is 16.0. The largest absolute Gasteiger partial charge is 0.466 e. The van der Waals surface area contributed by atoms with Gasteiger partial charge in [-0.3, -0.25) is 9.89 Å². The van der Waals surface area contributed by atoms with Crippen LogP contribution in [0.3, 0.4) is 0 Å². The third kappa shape index (κ3) is 3.54. The summed E-state index contributed by atoms with van der Waals surface area (Å²) >= 11 is 0. The van der Waals surface area contributed by atoms with Crippen molar-refractivity contribution in [1.29, 1.82) is 0 Å². The van der Waals surface area contributed by atoms with E-state index in [1.807, 2.05) is 0 Å². The Bertz CT molecular complexity index is 1130. The first-order valence-corrected chi connectivity index (χ1v) is 9.31. The molecule has 1 unspecified atom stereocenters. The predicted octanol–water partition coefficient (Wildman–Crippen LogP) is 3.57. The Morgan fingerprint density at radius 3 is 2.90 bits per heavy atom. The number of alkyl halides is 2. The van der Waals surface area contributed by atoms with Gasteiger partial charge in [-0.2, -0.15) is 5.10 Å². The number of pyridine rings is 2. The molecule has 3 aromatic rings. The number of hydrogen-bond donors (Lipinski definition) is 1. The lowest BCUT2D eigenvalue weighted by molar-refractivity contribution is -0.131. The van der Waals surface area contributed by atoms with Crippen molar-refractivity contribution in [1.82, 2.24) is 25.1 Å². The van der Waals surface area contributed by atoms with Crippen molar-refractivity contribution in [2.24, 2.45) is 0 Å². The molecule has 1 aliphatic rings. The Hall–Kier alpha value is -3.62. The van der Waals surface area contributed by atoms with E-state index in [4.69, 9.17) is 4.74 Å². The van der Waals surface area contributed by atoms with Crippen molar-refractivity contribution >= 4 is 29.1 Å². The molecule has 1 aliphatic heterocycles. The lowest BCUT2D eigenvalue weighted by Gasteiger charge is -2.37. The smallest absolute Gasteiger partial charge is 0.287 e. The number of piperidine rings is 1. The summed E-state index contributed by atoms with van der Waals surface area (Å²) in [5.74, 6) is -3.51. The number of nitrogens with one attached hydrogen (secondary N) is 1. The normalized spacial score (nSPS) is 18.2. The van der Waals surface area contributed by atoms with Crippen LogP contribution in [0.4, 0.5) is 8.78 Å². The van der Waals surface area contributed by atoms with Gasteiger partial charge in [-0.25, -0.2) is 18.7 Å². The molecule has 1 N–H and O–H groups in total. The van der Waals surface area contributed by atoms with Gasteiger partial charge in [-0.05, 0) is 29.8 Å². The first-order chi connectivity index (χ1) is 14.4. The first-order valence-electron chi connectivity index (χ1n) is 9.31. The van der Waals surface area contributed by atoms with E-state index in [0.29, 0.717) is 22.3 Å². The van der Waals surface area contributed by atoms with E-state index < -0.39 is 24.4 Å². The SMILES string of the molecule is C=Cc1ccc(OC2CN(C(=O)c3[nH]nc4ncccc34)CCC2(F)F)nc1C=C. The Balaban J connectivity index is 1.57. The van der Waals surface area contributed by atoms with E-state index in [0.717, 1.165) is 0 Å². The number of nitrogens with zero attached hydrogens (tertiary/aromatic N) is 4. The van der Waals surface area contributed by atoms with Gasteiger partial charge < -0.3 is 9.64 Å². The number of ether oxygens (including phenoxy) is 1. The summed E-state index contributed by atoms with van der Waals surface area (Å²) in [6, 6.07) is 6.54. The molecular weight excluding hydrogens is 392 g/mol. The molecule has 0 radical (unpaired) electrons. The van der Waals surface area contributed by atoms with E-state index >= 15 is 0 Å². The zero-order valence-electron chi connectivity index (χ0n) is 16.0. The molecule has 0 bridgehead atoms. The second-order valence-corrected chi connectivity index (χ2v) is 6.87. The van der Waals surface area contributed by atoms with Gasteiger partial charge in [0.1, 0.15) is 5.69 Å². The molecule has 4 heterocycles. The molecule has 9 heteroatoms. The van der Waals surface area contributed by atoms with Crippen molar-refractivity contribution in [3.63, 3.8) is 0 Å². The highest BCUT2D eigenvalue weighted by atomic mass is 19.3. The van der Waals surface area contributed by atoms with E-state index in [2.05, 4.69) is 33.3 Å². The third-order valence-electron chi connectivity index (χ3n) is 5.01. The van der Waals surface area contributed by atoms with Crippen molar-refractivity contribution in [2.75, 3.05) is 13.1 Å². The van der Waals surface area contributed by atoms with Gasteiger partial charge in [-0.15, -0.1) is 0 Å². The van der Waals surface area contributed by atoms with E-state index in [1.165, 1.54) is 17.0 Å². The lowest BCUT2D eigenvalue weighted by Crippen LogP contribution is -2.55. The van der Waals surface area contributed by atoms with Crippen LogP contribution >= 0.6 is 0 Å². The Morgan fingerprint density at radius 1 is 1.30 bits per heavy atom. The highest BCUT2D eigenvalue weighted by molar-refractivity contribution is 6.03. The highest BCUT2D eigenvalue weighted by Gasteiger charge is 2.47. The fraction of sp³-hybridized carbons (Fsp3) is 0.238. The maximum absolute atomic E-state index is 14.6. The molecule has 30 heavy (non-hydrogen) atoms. The molecule has 0 aliphatic carbocycles. The molecule has 0 saturated carbocycles. The minimum absolute atomic E-state index is 0.0330. The van der Waals surface area contributed by atoms with Gasteiger partial charge in [0, 0.05) is 25.2 Å². The van der Waals surface area contributed by atoms with Crippen LogP contribution in [0.15, 0.2) is 43.6 Å². The minimum atomic E-state index is -3.11. The van der Waals surface area contributed by atoms with Gasteiger partial charge in [0.2, 0.25) is 5.88 Å². The highest BCUT2D eigenvalue weighted by Crippen LogP contribution is 2.32. The number of aromatic nitrogens is 4. The fourth-order valence-corrected chi connectivity index (χ4v) is 3.36. The average Bonchev–Trinajstić information content (AvgIpc) is 3.18. The predicted molar refractivity (Wildman–Crippen MR) is 108 cm³/mol. The molecule has 1 amide bonds. The van der Waals surface area contributed by atoms with E-state index in [9.17, 15) is 13.6 Å². The van der Waals surface area contributed by atoms with Gasteiger partial charge >= 0.3 is 0 Å². The third-order valence-corrected chi connectivity index (χ3v) is 5.01. The minimum Gasteiger partial charge on any atom is -0.466 e. The molecule has 7 nitrogen and oxygen atoms in total. The van der Waals surface area contributed by atoms with E-state index in [1.54, 1.807) is 30.5 Å². The van der Waals surface area contributed by atoms with Crippen LogP contribution in [-0.4, -0.2) is 56.1 Å². The summed E-state index contributed by atoms with van der Waals surface area (Å²) < 4.78 is 34.6.